The number of anilines is 1. The lowest BCUT2D eigenvalue weighted by Gasteiger charge is -2.03. The van der Waals surface area contributed by atoms with Crippen LogP contribution in [0.25, 0.3) is 0 Å². The number of rotatable bonds is 2. The van der Waals surface area contributed by atoms with Gasteiger partial charge < -0.3 is 10.8 Å². The van der Waals surface area contributed by atoms with E-state index in [4.69, 9.17) is 10.8 Å². The smallest absolute Gasteiger partial charge is 0.178 e. The first kappa shape index (κ1) is 9.85. The van der Waals surface area contributed by atoms with Gasteiger partial charge in [-0.05, 0) is 12.1 Å². The molecular formula is C8H11NO3S. The minimum absolute atomic E-state index is 0.0103. The Morgan fingerprint density at radius 3 is 2.54 bits per heavy atom. The van der Waals surface area contributed by atoms with E-state index in [9.17, 15) is 8.42 Å². The summed E-state index contributed by atoms with van der Waals surface area (Å²) in [6.07, 6.45) is 0. The van der Waals surface area contributed by atoms with Crippen molar-refractivity contribution in [3.05, 3.63) is 18.2 Å². The van der Waals surface area contributed by atoms with Gasteiger partial charge in [0, 0.05) is 6.07 Å². The molecule has 72 valence electrons. The predicted molar refractivity (Wildman–Crippen MR) is 50.2 cm³/mol. The quantitative estimate of drug-likeness (QED) is 0.547. The zero-order chi connectivity index (χ0) is 10.1. The highest BCUT2D eigenvalue weighted by molar-refractivity contribution is 7.91. The van der Waals surface area contributed by atoms with Gasteiger partial charge in [0.2, 0.25) is 0 Å². The van der Waals surface area contributed by atoms with Crippen LogP contribution in [0.5, 0.6) is 5.75 Å². The second kappa shape index (κ2) is 3.26. The molecule has 0 unspecified atom stereocenters. The second-order valence-electron chi connectivity index (χ2n) is 2.62. The summed E-state index contributed by atoms with van der Waals surface area (Å²) >= 11 is 0. The maximum Gasteiger partial charge on any atom is 0.178 e. The summed E-state index contributed by atoms with van der Waals surface area (Å²) in [5, 5.41) is 9.17. The number of nitrogen functional groups attached to an aromatic ring is 1. The van der Waals surface area contributed by atoms with Crippen LogP contribution in [0.15, 0.2) is 23.1 Å². The average Bonchev–Trinajstić information content (AvgIpc) is 2.09. The highest BCUT2D eigenvalue weighted by Crippen LogP contribution is 2.23. The lowest BCUT2D eigenvalue weighted by Crippen LogP contribution is -2.03. The van der Waals surface area contributed by atoms with Crippen molar-refractivity contribution in [2.75, 3.05) is 11.5 Å². The van der Waals surface area contributed by atoms with Crippen molar-refractivity contribution in [2.45, 2.75) is 11.8 Å². The van der Waals surface area contributed by atoms with Gasteiger partial charge in [-0.1, -0.05) is 6.92 Å². The first-order valence-electron chi connectivity index (χ1n) is 3.78. The molecule has 1 rings (SSSR count). The molecular weight excluding hydrogens is 190 g/mol. The Kier molecular flexibility index (Phi) is 2.47. The van der Waals surface area contributed by atoms with Gasteiger partial charge in [-0.15, -0.1) is 0 Å². The lowest BCUT2D eigenvalue weighted by atomic mass is 10.3. The molecule has 0 aromatic heterocycles. The van der Waals surface area contributed by atoms with Crippen LogP contribution >= 0.6 is 0 Å². The van der Waals surface area contributed by atoms with E-state index in [-0.39, 0.29) is 22.1 Å². The SMILES string of the molecule is CCS(=O)(=O)c1ccc(N)c(O)c1. The molecule has 0 radical (unpaired) electrons. The normalized spacial score (nSPS) is 11.5. The summed E-state index contributed by atoms with van der Waals surface area (Å²) in [7, 11) is -3.25. The maximum atomic E-state index is 11.3. The minimum Gasteiger partial charge on any atom is -0.506 e. The van der Waals surface area contributed by atoms with E-state index in [0.29, 0.717) is 0 Å². The average molecular weight is 201 g/mol. The monoisotopic (exact) mass is 201 g/mol. The molecule has 0 saturated heterocycles. The van der Waals surface area contributed by atoms with Crippen LogP contribution in [0.1, 0.15) is 6.92 Å². The molecule has 0 heterocycles. The number of aromatic hydroxyl groups is 1. The van der Waals surface area contributed by atoms with E-state index in [0.717, 1.165) is 6.07 Å². The second-order valence-corrected chi connectivity index (χ2v) is 4.90. The number of phenolic OH excluding ortho intramolecular Hbond substituents is 1. The summed E-state index contributed by atoms with van der Waals surface area (Å²) in [5.41, 5.74) is 5.50. The van der Waals surface area contributed by atoms with Crippen LogP contribution in [0.4, 0.5) is 5.69 Å². The topological polar surface area (TPSA) is 80.4 Å². The van der Waals surface area contributed by atoms with Crippen molar-refractivity contribution >= 4 is 15.5 Å². The van der Waals surface area contributed by atoms with Gasteiger partial charge >= 0.3 is 0 Å². The van der Waals surface area contributed by atoms with Gasteiger partial charge in [0.05, 0.1) is 16.3 Å². The number of sulfone groups is 1. The van der Waals surface area contributed by atoms with Crippen molar-refractivity contribution in [2.24, 2.45) is 0 Å². The fourth-order valence-electron chi connectivity index (χ4n) is 0.884. The van der Waals surface area contributed by atoms with Crippen LogP contribution in [0.2, 0.25) is 0 Å². The molecule has 5 heteroatoms. The summed E-state index contributed by atoms with van der Waals surface area (Å²) in [4.78, 5) is 0.0988. The van der Waals surface area contributed by atoms with Gasteiger partial charge in [-0.3, -0.25) is 0 Å². The molecule has 0 aliphatic heterocycles. The lowest BCUT2D eigenvalue weighted by molar-refractivity contribution is 0.476. The van der Waals surface area contributed by atoms with Crippen LogP contribution in [0, 0.1) is 0 Å². The van der Waals surface area contributed by atoms with Gasteiger partial charge in [-0.2, -0.15) is 0 Å². The van der Waals surface area contributed by atoms with Crippen LogP contribution in [0.3, 0.4) is 0 Å². The molecule has 1 aromatic carbocycles. The first-order chi connectivity index (χ1) is 5.97. The van der Waals surface area contributed by atoms with Crippen LogP contribution in [-0.2, 0) is 9.84 Å². The third kappa shape index (κ3) is 1.92. The fraction of sp³-hybridized carbons (Fsp3) is 0.250. The van der Waals surface area contributed by atoms with Crippen LogP contribution in [-0.4, -0.2) is 19.3 Å². The molecule has 13 heavy (non-hydrogen) atoms. The number of nitrogens with two attached hydrogens (primary N) is 1. The molecule has 3 N–H and O–H groups in total. The Hall–Kier alpha value is -1.23. The van der Waals surface area contributed by atoms with E-state index in [1.165, 1.54) is 12.1 Å². The molecule has 0 aliphatic rings. The Balaban J connectivity index is 3.27. The number of hydrogen-bond acceptors (Lipinski definition) is 4. The minimum atomic E-state index is -3.25. The van der Waals surface area contributed by atoms with Crippen molar-refractivity contribution in [3.63, 3.8) is 0 Å². The van der Waals surface area contributed by atoms with Crippen molar-refractivity contribution < 1.29 is 13.5 Å². The Morgan fingerprint density at radius 2 is 2.08 bits per heavy atom. The predicted octanol–water partition coefficient (Wildman–Crippen LogP) is 0.768. The van der Waals surface area contributed by atoms with Gasteiger partial charge in [0.25, 0.3) is 0 Å². The standard InChI is InChI=1S/C8H11NO3S/c1-2-13(11,12)6-3-4-7(9)8(10)5-6/h3-5,10H,2,9H2,1H3. The Bertz CT molecular complexity index is 411. The van der Waals surface area contributed by atoms with Gasteiger partial charge in [0.1, 0.15) is 5.75 Å². The molecule has 4 nitrogen and oxygen atoms in total. The van der Waals surface area contributed by atoms with E-state index in [1.807, 2.05) is 0 Å². The summed E-state index contributed by atoms with van der Waals surface area (Å²) in [6, 6.07) is 3.92. The molecule has 0 fully saturated rings. The van der Waals surface area contributed by atoms with Crippen molar-refractivity contribution in [3.8, 4) is 5.75 Å². The Morgan fingerprint density at radius 1 is 1.46 bits per heavy atom. The highest BCUT2D eigenvalue weighted by Gasteiger charge is 2.12. The molecule has 1 aromatic rings. The van der Waals surface area contributed by atoms with Crippen molar-refractivity contribution in [1.29, 1.82) is 0 Å². The Labute approximate surface area is 76.9 Å². The van der Waals surface area contributed by atoms with E-state index in [2.05, 4.69) is 0 Å². The fourth-order valence-corrected chi connectivity index (χ4v) is 1.78. The molecule has 0 bridgehead atoms. The highest BCUT2D eigenvalue weighted by atomic mass is 32.2. The molecule has 0 atom stereocenters. The van der Waals surface area contributed by atoms with Crippen LogP contribution < -0.4 is 5.73 Å². The first-order valence-corrected chi connectivity index (χ1v) is 5.44. The zero-order valence-corrected chi connectivity index (χ0v) is 8.00. The van der Waals surface area contributed by atoms with Gasteiger partial charge in [0.15, 0.2) is 9.84 Å². The van der Waals surface area contributed by atoms with E-state index in [1.54, 1.807) is 6.92 Å². The maximum absolute atomic E-state index is 11.3. The largest absolute Gasteiger partial charge is 0.506 e. The third-order valence-electron chi connectivity index (χ3n) is 1.74. The van der Waals surface area contributed by atoms with E-state index < -0.39 is 9.84 Å². The number of hydrogen-bond donors (Lipinski definition) is 2. The molecule has 0 amide bonds. The summed E-state index contributed by atoms with van der Waals surface area (Å²) in [5.74, 6) is -0.189. The molecule has 0 aliphatic carbocycles. The summed E-state index contributed by atoms with van der Waals surface area (Å²) < 4.78 is 22.6. The van der Waals surface area contributed by atoms with E-state index >= 15 is 0 Å². The number of benzene rings is 1. The van der Waals surface area contributed by atoms with Gasteiger partial charge in [-0.25, -0.2) is 8.42 Å². The summed E-state index contributed by atoms with van der Waals surface area (Å²) in [6.45, 7) is 1.54. The molecule has 0 spiro atoms. The number of phenols is 1. The third-order valence-corrected chi connectivity index (χ3v) is 3.47. The zero-order valence-electron chi connectivity index (χ0n) is 7.19. The molecule has 0 saturated carbocycles. The van der Waals surface area contributed by atoms with Crippen molar-refractivity contribution in [1.82, 2.24) is 0 Å².